The Morgan fingerprint density at radius 2 is 1.70 bits per heavy atom. The molecule has 0 bridgehead atoms. The Labute approximate surface area is 192 Å². The van der Waals surface area contributed by atoms with Crippen molar-refractivity contribution in [3.05, 3.63) is 95.8 Å². The number of ether oxygens (including phenoxy) is 1. The maximum atomic E-state index is 12.5. The third-order valence-electron chi connectivity index (χ3n) is 5.46. The van der Waals surface area contributed by atoms with Crippen LogP contribution in [0.3, 0.4) is 0 Å². The summed E-state index contributed by atoms with van der Waals surface area (Å²) in [6.45, 7) is -0.0333. The van der Waals surface area contributed by atoms with E-state index in [1.54, 1.807) is 65.8 Å². The maximum Gasteiger partial charge on any atom is 0.249 e. The lowest BCUT2D eigenvalue weighted by Gasteiger charge is -2.40. The molecular weight excluding hydrogens is 442 g/mol. The maximum absolute atomic E-state index is 12.5. The van der Waals surface area contributed by atoms with E-state index in [1.165, 1.54) is 0 Å². The molecule has 1 aliphatic rings. The number of aromatic nitrogens is 1. The zero-order chi connectivity index (χ0) is 23.3. The molecule has 9 heteroatoms. The van der Waals surface area contributed by atoms with E-state index in [-0.39, 0.29) is 24.9 Å². The number of nitrogens with zero attached hydrogens (tertiary/aromatic N) is 2. The van der Waals surface area contributed by atoms with Crippen molar-refractivity contribution in [3.8, 4) is 0 Å². The third kappa shape index (κ3) is 5.75. The van der Waals surface area contributed by atoms with Gasteiger partial charge in [-0.2, -0.15) is 0 Å². The Kier molecular flexibility index (Phi) is 7.02. The highest BCUT2D eigenvalue weighted by Gasteiger charge is 2.37. The standard InChI is InChI=1S/C24H25N3O5S/c28-15-22-24(32-16-23(29)27(22)14-18-10-12-25-13-11-18)20-6-8-21(9-7-20)26-33(30,31)17-19-4-2-1-3-5-19/h1-13,22,24,26,28H,14-17H2. The van der Waals surface area contributed by atoms with E-state index < -0.39 is 22.2 Å². The van der Waals surface area contributed by atoms with Gasteiger partial charge in [-0.1, -0.05) is 42.5 Å². The lowest BCUT2D eigenvalue weighted by Crippen LogP contribution is -2.52. The van der Waals surface area contributed by atoms with Gasteiger partial charge in [0.25, 0.3) is 0 Å². The summed E-state index contributed by atoms with van der Waals surface area (Å²) in [5.41, 5.74) is 2.77. The first kappa shape index (κ1) is 22.9. The third-order valence-corrected chi connectivity index (χ3v) is 6.72. The van der Waals surface area contributed by atoms with Gasteiger partial charge >= 0.3 is 0 Å². The molecule has 1 amide bonds. The summed E-state index contributed by atoms with van der Waals surface area (Å²) in [5.74, 6) is -0.326. The highest BCUT2D eigenvalue weighted by atomic mass is 32.2. The van der Waals surface area contributed by atoms with Crippen LogP contribution in [-0.2, 0) is 31.9 Å². The number of benzene rings is 2. The van der Waals surface area contributed by atoms with Crippen molar-refractivity contribution < 1.29 is 23.1 Å². The van der Waals surface area contributed by atoms with Crippen LogP contribution in [0, 0.1) is 0 Å². The number of aliphatic hydroxyl groups excluding tert-OH is 1. The van der Waals surface area contributed by atoms with Crippen LogP contribution in [0.2, 0.25) is 0 Å². The number of anilines is 1. The lowest BCUT2D eigenvalue weighted by atomic mass is 9.98. The Morgan fingerprint density at radius 3 is 2.36 bits per heavy atom. The van der Waals surface area contributed by atoms with Crippen molar-refractivity contribution in [2.45, 2.75) is 24.4 Å². The van der Waals surface area contributed by atoms with Gasteiger partial charge in [0.2, 0.25) is 15.9 Å². The van der Waals surface area contributed by atoms with Crippen molar-refractivity contribution in [2.24, 2.45) is 0 Å². The molecule has 172 valence electrons. The number of morpholine rings is 1. The highest BCUT2D eigenvalue weighted by molar-refractivity contribution is 7.91. The molecule has 2 heterocycles. The SMILES string of the molecule is O=C1COC(c2ccc(NS(=O)(=O)Cc3ccccc3)cc2)C(CO)N1Cc1ccncc1. The van der Waals surface area contributed by atoms with Gasteiger partial charge in [0, 0.05) is 24.6 Å². The Hall–Kier alpha value is -3.27. The summed E-state index contributed by atoms with van der Waals surface area (Å²) < 4.78 is 33.3. The molecule has 3 aromatic rings. The number of hydrogen-bond donors (Lipinski definition) is 2. The van der Waals surface area contributed by atoms with E-state index >= 15 is 0 Å². The molecule has 0 saturated carbocycles. The van der Waals surface area contributed by atoms with E-state index in [0.29, 0.717) is 17.8 Å². The van der Waals surface area contributed by atoms with E-state index in [9.17, 15) is 18.3 Å². The van der Waals surface area contributed by atoms with Crippen LogP contribution in [0.4, 0.5) is 5.69 Å². The monoisotopic (exact) mass is 467 g/mol. The van der Waals surface area contributed by atoms with Crippen molar-refractivity contribution in [1.29, 1.82) is 0 Å². The molecule has 8 nitrogen and oxygen atoms in total. The topological polar surface area (TPSA) is 109 Å². The largest absolute Gasteiger partial charge is 0.394 e. The molecule has 2 aromatic carbocycles. The number of carbonyl (C=O) groups is 1. The van der Waals surface area contributed by atoms with Gasteiger partial charge < -0.3 is 14.7 Å². The second kappa shape index (κ2) is 10.1. The molecule has 2 unspecified atom stereocenters. The number of hydrogen-bond acceptors (Lipinski definition) is 6. The number of carbonyl (C=O) groups excluding carboxylic acids is 1. The van der Waals surface area contributed by atoms with Gasteiger partial charge in [-0.25, -0.2) is 8.42 Å². The first-order valence-corrected chi connectivity index (χ1v) is 12.2. The molecule has 0 spiro atoms. The van der Waals surface area contributed by atoms with Crippen LogP contribution in [0.25, 0.3) is 0 Å². The number of pyridine rings is 1. The molecule has 2 N–H and O–H groups in total. The Morgan fingerprint density at radius 1 is 1.00 bits per heavy atom. The highest BCUT2D eigenvalue weighted by Crippen LogP contribution is 2.31. The molecule has 1 aliphatic heterocycles. The number of rotatable bonds is 8. The average molecular weight is 468 g/mol. The van der Waals surface area contributed by atoms with Crippen molar-refractivity contribution >= 4 is 21.6 Å². The Bertz CT molecular complexity index is 1170. The van der Waals surface area contributed by atoms with Gasteiger partial charge in [0.05, 0.1) is 18.4 Å². The quantitative estimate of drug-likeness (QED) is 0.527. The van der Waals surface area contributed by atoms with Crippen LogP contribution in [0.1, 0.15) is 22.8 Å². The first-order chi connectivity index (χ1) is 15.9. The fourth-order valence-electron chi connectivity index (χ4n) is 3.86. The molecule has 4 rings (SSSR count). The minimum absolute atomic E-state index is 0.0995. The Balaban J connectivity index is 1.47. The molecule has 2 atom stereocenters. The molecule has 1 fully saturated rings. The van der Waals surface area contributed by atoms with Crippen LogP contribution < -0.4 is 4.72 Å². The predicted molar refractivity (Wildman–Crippen MR) is 123 cm³/mol. The van der Waals surface area contributed by atoms with E-state index in [2.05, 4.69) is 9.71 Å². The molecule has 1 aromatic heterocycles. The first-order valence-electron chi connectivity index (χ1n) is 10.5. The minimum atomic E-state index is -3.57. The molecular formula is C24H25N3O5S. The van der Waals surface area contributed by atoms with Crippen LogP contribution in [0.15, 0.2) is 79.1 Å². The number of aliphatic hydroxyl groups is 1. The molecule has 0 aliphatic carbocycles. The van der Waals surface area contributed by atoms with Gasteiger partial charge in [-0.05, 0) is 41.0 Å². The van der Waals surface area contributed by atoms with Gasteiger partial charge in [0.15, 0.2) is 0 Å². The zero-order valence-corrected chi connectivity index (χ0v) is 18.7. The summed E-state index contributed by atoms with van der Waals surface area (Å²) >= 11 is 0. The molecule has 1 saturated heterocycles. The second-order valence-electron chi connectivity index (χ2n) is 7.83. The van der Waals surface area contributed by atoms with Gasteiger partial charge in [-0.3, -0.25) is 14.5 Å². The molecule has 33 heavy (non-hydrogen) atoms. The fraction of sp³-hybridized carbons (Fsp3) is 0.250. The van der Waals surface area contributed by atoms with Crippen LogP contribution in [-0.4, -0.2) is 48.6 Å². The fourth-order valence-corrected chi connectivity index (χ4v) is 5.06. The minimum Gasteiger partial charge on any atom is -0.394 e. The number of amides is 1. The van der Waals surface area contributed by atoms with E-state index in [1.807, 2.05) is 18.2 Å². The summed E-state index contributed by atoms with van der Waals surface area (Å²) in [6, 6.07) is 18.8. The molecule has 0 radical (unpaired) electrons. The van der Waals surface area contributed by atoms with Gasteiger partial charge in [-0.15, -0.1) is 0 Å². The van der Waals surface area contributed by atoms with Crippen LogP contribution >= 0.6 is 0 Å². The number of nitrogens with one attached hydrogen (secondary N) is 1. The van der Waals surface area contributed by atoms with Crippen molar-refractivity contribution in [2.75, 3.05) is 17.9 Å². The average Bonchev–Trinajstić information content (AvgIpc) is 2.81. The van der Waals surface area contributed by atoms with Gasteiger partial charge in [0.1, 0.15) is 12.7 Å². The summed E-state index contributed by atoms with van der Waals surface area (Å²) in [6.07, 6.45) is 2.77. The zero-order valence-electron chi connectivity index (χ0n) is 17.9. The summed E-state index contributed by atoms with van der Waals surface area (Å²) in [5, 5.41) is 10.1. The lowest BCUT2D eigenvalue weighted by molar-refractivity contribution is -0.162. The van der Waals surface area contributed by atoms with Crippen molar-refractivity contribution in [1.82, 2.24) is 9.88 Å². The van der Waals surface area contributed by atoms with E-state index in [0.717, 1.165) is 11.1 Å². The second-order valence-corrected chi connectivity index (χ2v) is 9.55. The summed E-state index contributed by atoms with van der Waals surface area (Å²) in [4.78, 5) is 18.1. The number of sulfonamides is 1. The van der Waals surface area contributed by atoms with Crippen molar-refractivity contribution in [3.63, 3.8) is 0 Å². The summed E-state index contributed by atoms with van der Waals surface area (Å²) in [7, 11) is -3.57. The predicted octanol–water partition coefficient (Wildman–Crippen LogP) is 2.48. The normalized spacial score (nSPS) is 18.8. The van der Waals surface area contributed by atoms with E-state index in [4.69, 9.17) is 4.74 Å². The van der Waals surface area contributed by atoms with Crippen LogP contribution in [0.5, 0.6) is 0 Å². The smallest absolute Gasteiger partial charge is 0.249 e.